The number of carbonyl (C=O) groups excluding carboxylic acids is 1. The predicted octanol–water partition coefficient (Wildman–Crippen LogP) is 1.36. The molecule has 0 aromatic rings. The van der Waals surface area contributed by atoms with Gasteiger partial charge in [0.15, 0.2) is 0 Å². The molecule has 66 valence electrons. The molecule has 0 radical (unpaired) electrons. The first-order chi connectivity index (χ1) is 5.35. The standard InChI is InChI=1S/C8H16O3/c1-3-8(11-7-9)5-4-6-10-2/h7-8H,3-6H2,1-2H3. The molecule has 0 saturated heterocycles. The van der Waals surface area contributed by atoms with E-state index in [4.69, 9.17) is 9.47 Å². The summed E-state index contributed by atoms with van der Waals surface area (Å²) in [6, 6.07) is 0. The second kappa shape index (κ2) is 7.54. The Bertz CT molecular complexity index is 93.3. The zero-order chi connectivity index (χ0) is 8.53. The molecule has 0 heterocycles. The van der Waals surface area contributed by atoms with E-state index in [1.54, 1.807) is 7.11 Å². The largest absolute Gasteiger partial charge is 0.465 e. The number of ether oxygens (including phenoxy) is 2. The number of hydrogen-bond donors (Lipinski definition) is 0. The van der Waals surface area contributed by atoms with Gasteiger partial charge in [-0.15, -0.1) is 0 Å². The van der Waals surface area contributed by atoms with E-state index in [1.165, 1.54) is 0 Å². The zero-order valence-corrected chi connectivity index (χ0v) is 7.21. The molecule has 0 rings (SSSR count). The second-order valence-electron chi connectivity index (χ2n) is 2.40. The van der Waals surface area contributed by atoms with Crippen LogP contribution in [0.4, 0.5) is 0 Å². The Morgan fingerprint density at radius 3 is 2.73 bits per heavy atom. The van der Waals surface area contributed by atoms with Crippen molar-refractivity contribution in [3.05, 3.63) is 0 Å². The quantitative estimate of drug-likeness (QED) is 0.416. The van der Waals surface area contributed by atoms with Crippen LogP contribution in [0.1, 0.15) is 26.2 Å². The summed E-state index contributed by atoms with van der Waals surface area (Å²) in [5.74, 6) is 0. The Hall–Kier alpha value is -0.570. The molecule has 11 heavy (non-hydrogen) atoms. The van der Waals surface area contributed by atoms with E-state index in [9.17, 15) is 4.79 Å². The van der Waals surface area contributed by atoms with Crippen LogP contribution in [0.25, 0.3) is 0 Å². The van der Waals surface area contributed by atoms with Gasteiger partial charge in [0.1, 0.15) is 6.10 Å². The summed E-state index contributed by atoms with van der Waals surface area (Å²) in [5.41, 5.74) is 0. The molecule has 3 heteroatoms. The summed E-state index contributed by atoms with van der Waals surface area (Å²) in [4.78, 5) is 9.95. The van der Waals surface area contributed by atoms with Crippen molar-refractivity contribution in [2.45, 2.75) is 32.3 Å². The fourth-order valence-corrected chi connectivity index (χ4v) is 0.902. The Balaban J connectivity index is 3.27. The number of carbonyl (C=O) groups is 1. The number of methoxy groups -OCH3 is 1. The molecule has 0 aliphatic rings. The molecule has 0 amide bonds. The van der Waals surface area contributed by atoms with Crippen molar-refractivity contribution >= 4 is 6.47 Å². The van der Waals surface area contributed by atoms with Gasteiger partial charge in [-0.25, -0.2) is 0 Å². The van der Waals surface area contributed by atoms with Crippen molar-refractivity contribution in [2.75, 3.05) is 13.7 Å². The smallest absolute Gasteiger partial charge is 0.293 e. The predicted molar refractivity (Wildman–Crippen MR) is 42.3 cm³/mol. The van der Waals surface area contributed by atoms with Crippen LogP contribution in [0.3, 0.4) is 0 Å². The average Bonchev–Trinajstić information content (AvgIpc) is 2.03. The van der Waals surface area contributed by atoms with E-state index < -0.39 is 0 Å². The first-order valence-corrected chi connectivity index (χ1v) is 3.93. The van der Waals surface area contributed by atoms with Gasteiger partial charge in [0.2, 0.25) is 0 Å². The lowest BCUT2D eigenvalue weighted by molar-refractivity contribution is -0.134. The third-order valence-electron chi connectivity index (χ3n) is 1.58. The van der Waals surface area contributed by atoms with Crippen LogP contribution in [0.15, 0.2) is 0 Å². The van der Waals surface area contributed by atoms with E-state index in [1.807, 2.05) is 6.92 Å². The van der Waals surface area contributed by atoms with E-state index in [2.05, 4.69) is 0 Å². The summed E-state index contributed by atoms with van der Waals surface area (Å²) < 4.78 is 9.67. The van der Waals surface area contributed by atoms with Crippen LogP contribution < -0.4 is 0 Å². The van der Waals surface area contributed by atoms with E-state index in [0.29, 0.717) is 6.47 Å². The van der Waals surface area contributed by atoms with Gasteiger partial charge in [-0.2, -0.15) is 0 Å². The lowest BCUT2D eigenvalue weighted by Crippen LogP contribution is -2.11. The Morgan fingerprint density at radius 2 is 2.27 bits per heavy atom. The summed E-state index contributed by atoms with van der Waals surface area (Å²) in [6.07, 6.45) is 2.79. The Morgan fingerprint density at radius 1 is 1.55 bits per heavy atom. The molecule has 0 aliphatic carbocycles. The molecule has 0 fully saturated rings. The normalized spacial score (nSPS) is 12.5. The topological polar surface area (TPSA) is 35.5 Å². The summed E-state index contributed by atoms with van der Waals surface area (Å²) in [7, 11) is 1.67. The third kappa shape index (κ3) is 5.85. The van der Waals surface area contributed by atoms with Crippen molar-refractivity contribution in [3.8, 4) is 0 Å². The maximum Gasteiger partial charge on any atom is 0.293 e. The summed E-state index contributed by atoms with van der Waals surface area (Å²) in [6.45, 7) is 3.25. The fraction of sp³-hybridized carbons (Fsp3) is 0.875. The van der Waals surface area contributed by atoms with E-state index >= 15 is 0 Å². The van der Waals surface area contributed by atoms with Crippen LogP contribution in [-0.4, -0.2) is 26.3 Å². The lowest BCUT2D eigenvalue weighted by Gasteiger charge is -2.11. The van der Waals surface area contributed by atoms with Crippen LogP contribution in [0.5, 0.6) is 0 Å². The van der Waals surface area contributed by atoms with Gasteiger partial charge < -0.3 is 9.47 Å². The van der Waals surface area contributed by atoms with Gasteiger partial charge in [-0.3, -0.25) is 4.79 Å². The summed E-state index contributed by atoms with van der Waals surface area (Å²) >= 11 is 0. The minimum absolute atomic E-state index is 0.0719. The first-order valence-electron chi connectivity index (χ1n) is 3.93. The van der Waals surface area contributed by atoms with Crippen LogP contribution >= 0.6 is 0 Å². The van der Waals surface area contributed by atoms with Crippen LogP contribution in [0, 0.1) is 0 Å². The minimum atomic E-state index is 0.0719. The maximum absolute atomic E-state index is 9.95. The van der Waals surface area contributed by atoms with E-state index in [-0.39, 0.29) is 6.10 Å². The molecule has 0 bridgehead atoms. The first kappa shape index (κ1) is 10.4. The molecule has 0 aromatic heterocycles. The average molecular weight is 160 g/mol. The van der Waals surface area contributed by atoms with Gasteiger partial charge in [0.05, 0.1) is 0 Å². The highest BCUT2D eigenvalue weighted by Gasteiger charge is 2.04. The van der Waals surface area contributed by atoms with Gasteiger partial charge in [0.25, 0.3) is 6.47 Å². The van der Waals surface area contributed by atoms with Crippen molar-refractivity contribution < 1.29 is 14.3 Å². The molecular weight excluding hydrogens is 144 g/mol. The molecule has 1 atom stereocenters. The highest BCUT2D eigenvalue weighted by Crippen LogP contribution is 2.04. The molecular formula is C8H16O3. The van der Waals surface area contributed by atoms with Gasteiger partial charge >= 0.3 is 0 Å². The number of rotatable bonds is 7. The molecule has 0 N–H and O–H groups in total. The molecule has 0 aromatic carbocycles. The molecule has 0 spiro atoms. The molecule has 1 unspecified atom stereocenters. The maximum atomic E-state index is 9.95. The van der Waals surface area contributed by atoms with Crippen LogP contribution in [-0.2, 0) is 14.3 Å². The van der Waals surface area contributed by atoms with Crippen LogP contribution in [0.2, 0.25) is 0 Å². The lowest BCUT2D eigenvalue weighted by atomic mass is 10.1. The minimum Gasteiger partial charge on any atom is -0.465 e. The van der Waals surface area contributed by atoms with Gasteiger partial charge in [-0.05, 0) is 19.3 Å². The Kier molecular flexibility index (Phi) is 7.15. The molecule has 0 aliphatic heterocycles. The summed E-state index contributed by atoms with van der Waals surface area (Å²) in [5, 5.41) is 0. The number of hydrogen-bond acceptors (Lipinski definition) is 3. The van der Waals surface area contributed by atoms with Gasteiger partial charge in [-0.1, -0.05) is 6.92 Å². The third-order valence-corrected chi connectivity index (χ3v) is 1.58. The van der Waals surface area contributed by atoms with E-state index in [0.717, 1.165) is 25.9 Å². The SMILES string of the molecule is CCC(CCCOC)OC=O. The Labute approximate surface area is 67.7 Å². The molecule has 0 saturated carbocycles. The molecule has 3 nitrogen and oxygen atoms in total. The second-order valence-corrected chi connectivity index (χ2v) is 2.40. The fourth-order valence-electron chi connectivity index (χ4n) is 0.902. The van der Waals surface area contributed by atoms with Crippen molar-refractivity contribution in [1.82, 2.24) is 0 Å². The monoisotopic (exact) mass is 160 g/mol. The van der Waals surface area contributed by atoms with Crippen molar-refractivity contribution in [3.63, 3.8) is 0 Å². The van der Waals surface area contributed by atoms with Crippen molar-refractivity contribution in [1.29, 1.82) is 0 Å². The highest BCUT2D eigenvalue weighted by molar-refractivity contribution is 5.37. The highest BCUT2D eigenvalue weighted by atomic mass is 16.5. The van der Waals surface area contributed by atoms with Gasteiger partial charge in [0, 0.05) is 13.7 Å². The van der Waals surface area contributed by atoms with Crippen molar-refractivity contribution in [2.24, 2.45) is 0 Å². The zero-order valence-electron chi connectivity index (χ0n) is 7.21.